The molecule has 4 aromatic carbocycles. The third-order valence-corrected chi connectivity index (χ3v) is 14.6. The number of aliphatic carboxylic acids is 4. The molecule has 0 amide bonds. The Kier molecular flexibility index (Phi) is 53.1. The lowest BCUT2D eigenvalue weighted by Crippen LogP contribution is -2.11. The molecule has 0 aliphatic heterocycles. The second kappa shape index (κ2) is 51.6. The van der Waals surface area contributed by atoms with Crippen LogP contribution in [0, 0.1) is 51.2 Å². The molecule has 0 heterocycles. The van der Waals surface area contributed by atoms with E-state index in [1.807, 2.05) is 38.1 Å². The Bertz CT molecular complexity index is 2280. The van der Waals surface area contributed by atoms with Gasteiger partial charge in [0.25, 0.3) is 0 Å². The maximum absolute atomic E-state index is 10.4. The highest BCUT2D eigenvalue weighted by Crippen LogP contribution is 2.35. The van der Waals surface area contributed by atoms with Gasteiger partial charge in [0.2, 0.25) is 0 Å². The summed E-state index contributed by atoms with van der Waals surface area (Å²) in [6, 6.07) is 20.3. The van der Waals surface area contributed by atoms with Gasteiger partial charge >= 0.3 is 23.9 Å². The molecule has 4 aromatic rings. The Morgan fingerprint density at radius 3 is 0.750 bits per heavy atom. The van der Waals surface area contributed by atoms with Gasteiger partial charge in [-0.05, 0) is 208 Å². The summed E-state index contributed by atoms with van der Waals surface area (Å²) in [5.74, 6) is -2.35. The van der Waals surface area contributed by atoms with Gasteiger partial charge in [0.15, 0.2) is 0 Å². The van der Waals surface area contributed by atoms with Crippen LogP contribution in [0.5, 0.6) is 23.0 Å². The Balaban J connectivity index is -0.000000415. The van der Waals surface area contributed by atoms with Gasteiger partial charge in [0.05, 0.1) is 88.2 Å². The fourth-order valence-corrected chi connectivity index (χ4v) is 10.2. The summed E-state index contributed by atoms with van der Waals surface area (Å²) in [5.41, 5.74) is 2.01. The average molecular weight is 1630 g/mol. The lowest BCUT2D eigenvalue weighted by atomic mass is 10.00. The number of aromatic hydroxyl groups is 4. The number of carbonyl (C=O) groups is 4. The van der Waals surface area contributed by atoms with E-state index in [1.54, 1.807) is 48.5 Å². The fraction of sp³-hybridized carbons (Fsp3) is 0.429. The molecule has 0 bridgehead atoms. The molecule has 0 saturated carbocycles. The van der Waals surface area contributed by atoms with Crippen molar-refractivity contribution < 1.29 is 60.0 Å². The van der Waals surface area contributed by atoms with Gasteiger partial charge in [-0.1, -0.05) is 98.8 Å². The summed E-state index contributed by atoms with van der Waals surface area (Å²) in [7, 11) is 0. The molecule has 4 rings (SSSR count). The SMILES string of the molecule is CCCC(=O)O.CCCCC(CC)C(=O)O.CCCCCCCC(=O)O.CCCCCCCC(=O)O.N#Cc1cc(Br)c(O)c(Br)c1.N#Cc1cc(Br)c(O)c(Br)c1.N#Cc1cc(Br)c(O)c(Br)c1.N#Cc1cc(Br)c(O)c(Br)c1. The second-order valence-electron chi connectivity index (χ2n) is 16.4. The Morgan fingerprint density at radius 1 is 0.375 bits per heavy atom. The first-order valence-electron chi connectivity index (χ1n) is 24.8. The summed E-state index contributed by atoms with van der Waals surface area (Å²) in [6.07, 6.45) is 16.5. The predicted octanol–water partition coefficient (Wildman–Crippen LogP) is 19.2. The van der Waals surface area contributed by atoms with Crippen LogP contribution >= 0.6 is 127 Å². The highest BCUT2D eigenvalue weighted by atomic mass is 79.9. The molecule has 8 N–H and O–H groups in total. The van der Waals surface area contributed by atoms with Crippen LogP contribution in [0.4, 0.5) is 0 Å². The zero-order chi connectivity index (χ0) is 62.3. The third kappa shape index (κ3) is 43.5. The minimum atomic E-state index is -0.711. The number of hydrogen-bond donors (Lipinski definition) is 8. The van der Waals surface area contributed by atoms with Crippen molar-refractivity contribution in [2.24, 2.45) is 5.92 Å². The summed E-state index contributed by atoms with van der Waals surface area (Å²) in [4.78, 5) is 40.1. The van der Waals surface area contributed by atoms with Crippen LogP contribution in [0.2, 0.25) is 0 Å². The first-order chi connectivity index (χ1) is 37.6. The maximum Gasteiger partial charge on any atom is 0.306 e. The van der Waals surface area contributed by atoms with Crippen LogP contribution in [-0.4, -0.2) is 64.7 Å². The molecule has 1 atom stereocenters. The van der Waals surface area contributed by atoms with E-state index in [4.69, 9.17) is 41.5 Å². The van der Waals surface area contributed by atoms with Gasteiger partial charge < -0.3 is 40.9 Å². The minimum absolute atomic E-state index is 0.111. The Hall–Kier alpha value is -4.24. The standard InChI is InChI=1S/3C8H16O2.4C7H3Br2NO.C4H8O2/c1-3-5-6-7(4-2)8(9)10;2*1-2-3-4-5-6-7-8(9)10;4*8-5-1-4(3-10)2-6(9)7(5)11;1-2-3-4(5)6/h7H,3-6H2,1-2H3,(H,9,10);2*2-7H2,1H3,(H,9,10);4*1-2,11H;2-3H2,1H3,(H,5,6). The monoisotopic (exact) mass is 1620 g/mol. The first-order valence-corrected chi connectivity index (χ1v) is 31.2. The number of hydrogen-bond acceptors (Lipinski definition) is 12. The van der Waals surface area contributed by atoms with E-state index in [2.05, 4.69) is 148 Å². The molecular formula is C56H68Br8N4O12. The molecule has 0 fully saturated rings. The van der Waals surface area contributed by atoms with E-state index in [9.17, 15) is 39.6 Å². The second-order valence-corrected chi connectivity index (χ2v) is 23.3. The van der Waals surface area contributed by atoms with Crippen LogP contribution in [0.1, 0.15) is 172 Å². The predicted molar refractivity (Wildman–Crippen MR) is 338 cm³/mol. The van der Waals surface area contributed by atoms with Crippen LogP contribution in [0.15, 0.2) is 84.3 Å². The number of carboxylic acid groups (broad SMARTS) is 4. The van der Waals surface area contributed by atoms with E-state index in [0.29, 0.717) is 77.3 Å². The van der Waals surface area contributed by atoms with E-state index in [1.165, 1.54) is 38.5 Å². The van der Waals surface area contributed by atoms with Gasteiger partial charge in [-0.2, -0.15) is 21.0 Å². The Labute approximate surface area is 537 Å². The molecule has 16 nitrogen and oxygen atoms in total. The number of unbranched alkanes of at least 4 members (excludes halogenated alkanes) is 9. The van der Waals surface area contributed by atoms with Gasteiger partial charge in [-0.3, -0.25) is 19.2 Å². The summed E-state index contributed by atoms with van der Waals surface area (Å²) in [5, 5.41) is 104. The fourth-order valence-electron chi connectivity index (χ4n) is 5.45. The highest BCUT2D eigenvalue weighted by molar-refractivity contribution is 9.12. The first kappa shape index (κ1) is 82.2. The summed E-state index contributed by atoms with van der Waals surface area (Å²) >= 11 is 24.9. The highest BCUT2D eigenvalue weighted by Gasteiger charge is 2.13. The number of halogens is 8. The van der Waals surface area contributed by atoms with Gasteiger partial charge in [-0.25, -0.2) is 0 Å². The smallest absolute Gasteiger partial charge is 0.306 e. The molecule has 1 unspecified atom stereocenters. The summed E-state index contributed by atoms with van der Waals surface area (Å²) < 4.78 is 4.14. The van der Waals surface area contributed by atoms with Crippen LogP contribution in [0.25, 0.3) is 0 Å². The molecule has 0 aromatic heterocycles. The molecule has 0 saturated heterocycles. The van der Waals surface area contributed by atoms with E-state index in [0.717, 1.165) is 57.8 Å². The zero-order valence-electron chi connectivity index (χ0n) is 44.9. The van der Waals surface area contributed by atoms with Crippen molar-refractivity contribution in [2.45, 2.75) is 150 Å². The lowest BCUT2D eigenvalue weighted by Gasteiger charge is -2.06. The number of benzene rings is 4. The molecule has 80 heavy (non-hydrogen) atoms. The summed E-state index contributed by atoms with van der Waals surface area (Å²) in [6.45, 7) is 10.1. The number of nitrogens with zero attached hydrogens (tertiary/aromatic N) is 4. The van der Waals surface area contributed by atoms with Crippen molar-refractivity contribution in [3.8, 4) is 47.3 Å². The number of carboxylic acids is 4. The van der Waals surface area contributed by atoms with Crippen LogP contribution in [-0.2, 0) is 19.2 Å². The Morgan fingerprint density at radius 2 is 0.600 bits per heavy atom. The number of phenolic OH excluding ortho intramolecular Hbond substituents is 4. The largest absolute Gasteiger partial charge is 0.506 e. The van der Waals surface area contributed by atoms with Crippen molar-refractivity contribution in [1.82, 2.24) is 0 Å². The van der Waals surface area contributed by atoms with Gasteiger partial charge in [0.1, 0.15) is 23.0 Å². The normalized spacial score (nSPS) is 9.71. The van der Waals surface area contributed by atoms with Gasteiger partial charge in [0, 0.05) is 19.3 Å². The minimum Gasteiger partial charge on any atom is -0.506 e. The van der Waals surface area contributed by atoms with Crippen molar-refractivity contribution in [3.63, 3.8) is 0 Å². The average Bonchev–Trinajstić information content (AvgIpc) is 3.40. The molecule has 0 radical (unpaired) electrons. The van der Waals surface area contributed by atoms with E-state index >= 15 is 0 Å². The van der Waals surface area contributed by atoms with Gasteiger partial charge in [-0.15, -0.1) is 0 Å². The van der Waals surface area contributed by atoms with Crippen molar-refractivity contribution in [1.29, 1.82) is 21.0 Å². The topological polar surface area (TPSA) is 325 Å². The molecule has 0 aliphatic rings. The maximum atomic E-state index is 10.4. The van der Waals surface area contributed by atoms with Crippen molar-refractivity contribution >= 4 is 151 Å². The van der Waals surface area contributed by atoms with Crippen molar-refractivity contribution in [2.75, 3.05) is 0 Å². The lowest BCUT2D eigenvalue weighted by molar-refractivity contribution is -0.142. The number of phenols is 4. The molecule has 440 valence electrons. The molecule has 0 aliphatic carbocycles. The third-order valence-electron chi connectivity index (χ3n) is 9.78. The van der Waals surface area contributed by atoms with Crippen LogP contribution < -0.4 is 0 Å². The molecular weight excluding hydrogens is 1560 g/mol. The van der Waals surface area contributed by atoms with E-state index in [-0.39, 0.29) is 28.9 Å². The quantitative estimate of drug-likeness (QED) is 0.0404. The van der Waals surface area contributed by atoms with Crippen LogP contribution in [0.3, 0.4) is 0 Å². The van der Waals surface area contributed by atoms with Crippen molar-refractivity contribution in [3.05, 3.63) is 107 Å². The molecule has 0 spiro atoms. The number of nitriles is 4. The van der Waals surface area contributed by atoms with E-state index < -0.39 is 23.9 Å². The zero-order valence-corrected chi connectivity index (χ0v) is 57.6. The number of rotatable bonds is 19. The molecule has 24 heteroatoms.